The fourth-order valence-corrected chi connectivity index (χ4v) is 3.65. The number of amides is 1. The van der Waals surface area contributed by atoms with E-state index in [1.165, 1.54) is 25.9 Å². The number of nitrogens with one attached hydrogen (secondary N) is 3. The van der Waals surface area contributed by atoms with Crippen molar-refractivity contribution in [3.63, 3.8) is 0 Å². The molecular formula is C22H38IN5O. The Morgan fingerprint density at radius 2 is 2.14 bits per heavy atom. The van der Waals surface area contributed by atoms with Gasteiger partial charge in [-0.3, -0.25) is 9.79 Å². The number of halogens is 1. The van der Waals surface area contributed by atoms with Crippen LogP contribution in [0.2, 0.25) is 0 Å². The van der Waals surface area contributed by atoms with Crippen molar-refractivity contribution < 1.29 is 4.79 Å². The number of likely N-dealkylation sites (tertiary alicyclic amines) is 1. The highest BCUT2D eigenvalue weighted by Crippen LogP contribution is 2.15. The van der Waals surface area contributed by atoms with Crippen molar-refractivity contribution in [2.45, 2.75) is 39.5 Å². The van der Waals surface area contributed by atoms with Crippen LogP contribution in [0.25, 0.3) is 0 Å². The maximum Gasteiger partial charge on any atom is 0.251 e. The van der Waals surface area contributed by atoms with E-state index in [4.69, 9.17) is 4.99 Å². The summed E-state index contributed by atoms with van der Waals surface area (Å²) in [4.78, 5) is 19.0. The SMILES string of the molecule is CCNC(=NCCCN1CCCC(C)C1)NCCc1cccc(C(=O)NC)c1.I. The number of guanidine groups is 1. The van der Waals surface area contributed by atoms with Crippen LogP contribution < -0.4 is 16.0 Å². The van der Waals surface area contributed by atoms with Crippen molar-refractivity contribution in [1.29, 1.82) is 0 Å². The largest absolute Gasteiger partial charge is 0.357 e. The molecule has 0 bridgehead atoms. The minimum atomic E-state index is -0.0483. The van der Waals surface area contributed by atoms with Gasteiger partial charge < -0.3 is 20.9 Å². The Morgan fingerprint density at radius 1 is 1.31 bits per heavy atom. The number of aliphatic imine (C=N–C) groups is 1. The van der Waals surface area contributed by atoms with E-state index in [0.29, 0.717) is 5.56 Å². The molecule has 29 heavy (non-hydrogen) atoms. The van der Waals surface area contributed by atoms with Crippen molar-refractivity contribution in [2.24, 2.45) is 10.9 Å². The Kier molecular flexibility index (Phi) is 12.9. The van der Waals surface area contributed by atoms with Gasteiger partial charge in [-0.15, -0.1) is 24.0 Å². The Morgan fingerprint density at radius 3 is 2.86 bits per heavy atom. The summed E-state index contributed by atoms with van der Waals surface area (Å²) in [5.41, 5.74) is 1.84. The maximum atomic E-state index is 11.8. The molecule has 1 amide bonds. The first-order valence-electron chi connectivity index (χ1n) is 10.7. The van der Waals surface area contributed by atoms with Gasteiger partial charge in [0.2, 0.25) is 0 Å². The molecule has 1 aliphatic heterocycles. The average molecular weight is 515 g/mol. The molecule has 1 aromatic rings. The van der Waals surface area contributed by atoms with Gasteiger partial charge in [0, 0.05) is 38.8 Å². The van der Waals surface area contributed by atoms with E-state index in [1.54, 1.807) is 7.05 Å². The first kappa shape index (κ1) is 25.7. The standard InChI is InChI=1S/C22H37N5O.HI/c1-4-24-22(25-12-7-15-27-14-6-8-18(2)17-27)26-13-11-19-9-5-10-20(16-19)21(28)23-3;/h5,9-10,16,18H,4,6-8,11-15,17H2,1-3H3,(H,23,28)(H2,24,25,26);1H. The Balaban J connectivity index is 0.00000420. The number of benzene rings is 1. The zero-order chi connectivity index (χ0) is 20.2. The molecule has 0 saturated carbocycles. The third-order valence-corrected chi connectivity index (χ3v) is 5.11. The third kappa shape index (κ3) is 9.80. The summed E-state index contributed by atoms with van der Waals surface area (Å²) in [6, 6.07) is 7.77. The normalized spacial score (nSPS) is 17.3. The van der Waals surface area contributed by atoms with Gasteiger partial charge in [-0.2, -0.15) is 0 Å². The van der Waals surface area contributed by atoms with Crippen LogP contribution in [0.3, 0.4) is 0 Å². The lowest BCUT2D eigenvalue weighted by atomic mass is 10.0. The molecule has 1 unspecified atom stereocenters. The zero-order valence-corrected chi connectivity index (χ0v) is 20.5. The number of rotatable bonds is 9. The third-order valence-electron chi connectivity index (χ3n) is 5.11. The summed E-state index contributed by atoms with van der Waals surface area (Å²) in [5, 5.41) is 9.38. The average Bonchev–Trinajstić information content (AvgIpc) is 2.71. The lowest BCUT2D eigenvalue weighted by molar-refractivity contribution is 0.0963. The molecule has 2 rings (SSSR count). The minimum Gasteiger partial charge on any atom is -0.357 e. The molecule has 1 heterocycles. The van der Waals surface area contributed by atoms with Crippen LogP contribution in [0.15, 0.2) is 29.3 Å². The topological polar surface area (TPSA) is 68.8 Å². The van der Waals surface area contributed by atoms with Crippen LogP contribution in [0.5, 0.6) is 0 Å². The smallest absolute Gasteiger partial charge is 0.251 e. The second-order valence-electron chi connectivity index (χ2n) is 7.62. The van der Waals surface area contributed by atoms with E-state index in [1.807, 2.05) is 18.2 Å². The van der Waals surface area contributed by atoms with E-state index < -0.39 is 0 Å². The quantitative estimate of drug-likeness (QED) is 0.205. The maximum absolute atomic E-state index is 11.8. The summed E-state index contributed by atoms with van der Waals surface area (Å²) in [7, 11) is 1.65. The van der Waals surface area contributed by atoms with Crippen molar-refractivity contribution in [1.82, 2.24) is 20.9 Å². The number of carbonyl (C=O) groups excluding carboxylic acids is 1. The molecule has 164 valence electrons. The molecule has 1 saturated heterocycles. The second kappa shape index (κ2) is 14.6. The van der Waals surface area contributed by atoms with E-state index in [0.717, 1.165) is 56.5 Å². The molecule has 7 heteroatoms. The van der Waals surface area contributed by atoms with Crippen molar-refractivity contribution in [3.05, 3.63) is 35.4 Å². The molecule has 0 radical (unpaired) electrons. The molecule has 0 spiro atoms. The van der Waals surface area contributed by atoms with Crippen molar-refractivity contribution in [2.75, 3.05) is 46.3 Å². The molecule has 1 aliphatic rings. The lowest BCUT2D eigenvalue weighted by Gasteiger charge is -2.30. The summed E-state index contributed by atoms with van der Waals surface area (Å²) in [5.74, 6) is 1.66. The first-order chi connectivity index (χ1) is 13.6. The van der Waals surface area contributed by atoms with Crippen LogP contribution in [0, 0.1) is 5.92 Å². The van der Waals surface area contributed by atoms with Gasteiger partial charge in [0.25, 0.3) is 5.91 Å². The molecule has 1 aromatic carbocycles. The summed E-state index contributed by atoms with van der Waals surface area (Å²) in [6.45, 7) is 10.5. The van der Waals surface area contributed by atoms with Crippen molar-refractivity contribution in [3.8, 4) is 0 Å². The van der Waals surface area contributed by atoms with Gasteiger partial charge in [0.1, 0.15) is 0 Å². The summed E-state index contributed by atoms with van der Waals surface area (Å²) < 4.78 is 0. The first-order valence-corrected chi connectivity index (χ1v) is 10.7. The van der Waals surface area contributed by atoms with E-state index in [9.17, 15) is 4.79 Å². The Labute approximate surface area is 193 Å². The van der Waals surface area contributed by atoms with E-state index in [2.05, 4.69) is 40.8 Å². The van der Waals surface area contributed by atoms with E-state index >= 15 is 0 Å². The van der Waals surface area contributed by atoms with Crippen LogP contribution >= 0.6 is 24.0 Å². The van der Waals surface area contributed by atoms with Gasteiger partial charge in [-0.1, -0.05) is 19.1 Å². The highest BCUT2D eigenvalue weighted by molar-refractivity contribution is 14.0. The monoisotopic (exact) mass is 515 g/mol. The highest BCUT2D eigenvalue weighted by Gasteiger charge is 2.15. The van der Waals surface area contributed by atoms with Gasteiger partial charge in [0.15, 0.2) is 5.96 Å². The molecule has 0 aliphatic carbocycles. The molecule has 1 atom stereocenters. The zero-order valence-electron chi connectivity index (χ0n) is 18.2. The summed E-state index contributed by atoms with van der Waals surface area (Å²) in [6.07, 6.45) is 4.64. The number of carbonyl (C=O) groups is 1. The van der Waals surface area contributed by atoms with Crippen LogP contribution in [-0.2, 0) is 6.42 Å². The number of piperidine rings is 1. The van der Waals surface area contributed by atoms with Gasteiger partial charge in [-0.25, -0.2) is 0 Å². The molecule has 6 nitrogen and oxygen atoms in total. The highest BCUT2D eigenvalue weighted by atomic mass is 127. The Hall–Kier alpha value is -1.35. The lowest BCUT2D eigenvalue weighted by Crippen LogP contribution is -2.38. The van der Waals surface area contributed by atoms with E-state index in [-0.39, 0.29) is 29.9 Å². The summed E-state index contributed by atoms with van der Waals surface area (Å²) >= 11 is 0. The fraction of sp³-hybridized carbons (Fsp3) is 0.636. The van der Waals surface area contributed by atoms with Crippen LogP contribution in [-0.4, -0.2) is 63.1 Å². The number of hydrogen-bond acceptors (Lipinski definition) is 3. The van der Waals surface area contributed by atoms with Gasteiger partial charge in [0.05, 0.1) is 0 Å². The van der Waals surface area contributed by atoms with Crippen LogP contribution in [0.1, 0.15) is 49.0 Å². The van der Waals surface area contributed by atoms with Crippen molar-refractivity contribution >= 4 is 35.8 Å². The minimum absolute atomic E-state index is 0. The predicted octanol–water partition coefficient (Wildman–Crippen LogP) is 2.88. The second-order valence-corrected chi connectivity index (χ2v) is 7.62. The Bertz CT molecular complexity index is 637. The molecular weight excluding hydrogens is 477 g/mol. The number of hydrogen-bond donors (Lipinski definition) is 3. The fourth-order valence-electron chi connectivity index (χ4n) is 3.65. The van der Waals surface area contributed by atoms with Gasteiger partial charge in [-0.05, 0) is 69.3 Å². The van der Waals surface area contributed by atoms with Crippen LogP contribution in [0.4, 0.5) is 0 Å². The molecule has 3 N–H and O–H groups in total. The van der Waals surface area contributed by atoms with Gasteiger partial charge >= 0.3 is 0 Å². The predicted molar refractivity (Wildman–Crippen MR) is 132 cm³/mol. The molecule has 0 aromatic heterocycles. The number of nitrogens with zero attached hydrogens (tertiary/aromatic N) is 2. The molecule has 1 fully saturated rings.